The van der Waals surface area contributed by atoms with Gasteiger partial charge in [0.2, 0.25) is 0 Å². The zero-order valence-corrected chi connectivity index (χ0v) is 13.3. The molecular weight excluding hydrogens is 282 g/mol. The lowest BCUT2D eigenvalue weighted by molar-refractivity contribution is 0.843. The van der Waals surface area contributed by atoms with Crippen molar-refractivity contribution in [1.82, 2.24) is 15.0 Å². The predicted molar refractivity (Wildman–Crippen MR) is 86.9 cm³/mol. The van der Waals surface area contributed by atoms with Crippen LogP contribution in [0.2, 0.25) is 0 Å². The Kier molecular flexibility index (Phi) is 4.34. The summed E-state index contributed by atoms with van der Waals surface area (Å²) >= 11 is 1.66. The topological polar surface area (TPSA) is 62.7 Å². The lowest BCUT2D eigenvalue weighted by Gasteiger charge is -2.14. The summed E-state index contributed by atoms with van der Waals surface area (Å²) in [7, 11) is 0. The molecule has 3 rings (SSSR count). The molecule has 0 aliphatic heterocycles. The van der Waals surface area contributed by atoms with Gasteiger partial charge in [-0.1, -0.05) is 6.92 Å². The van der Waals surface area contributed by atoms with E-state index in [9.17, 15) is 0 Å². The van der Waals surface area contributed by atoms with E-state index in [4.69, 9.17) is 0 Å². The summed E-state index contributed by atoms with van der Waals surface area (Å²) in [6.45, 7) is 5.19. The van der Waals surface area contributed by atoms with Crippen molar-refractivity contribution in [3.05, 3.63) is 28.5 Å². The lowest BCUT2D eigenvalue weighted by atomic mass is 10.3. The van der Waals surface area contributed by atoms with Gasteiger partial charge < -0.3 is 10.6 Å². The third-order valence-corrected chi connectivity index (χ3v) is 4.39. The van der Waals surface area contributed by atoms with E-state index in [1.54, 1.807) is 11.3 Å². The summed E-state index contributed by atoms with van der Waals surface area (Å²) in [6.07, 6.45) is 5.33. The highest BCUT2D eigenvalue weighted by atomic mass is 32.1. The van der Waals surface area contributed by atoms with Crippen LogP contribution >= 0.6 is 11.3 Å². The van der Waals surface area contributed by atoms with E-state index in [2.05, 4.69) is 39.4 Å². The van der Waals surface area contributed by atoms with E-state index in [0.717, 1.165) is 35.4 Å². The van der Waals surface area contributed by atoms with Gasteiger partial charge >= 0.3 is 0 Å². The van der Waals surface area contributed by atoms with Crippen LogP contribution in [0.5, 0.6) is 0 Å². The van der Waals surface area contributed by atoms with Crippen LogP contribution < -0.4 is 10.6 Å². The summed E-state index contributed by atoms with van der Waals surface area (Å²) in [6, 6.07) is 2.15. The molecule has 0 aromatic carbocycles. The first-order chi connectivity index (χ1) is 10.3. The highest BCUT2D eigenvalue weighted by molar-refractivity contribution is 7.09. The van der Waals surface area contributed by atoms with E-state index in [1.165, 1.54) is 12.8 Å². The van der Waals surface area contributed by atoms with E-state index in [0.29, 0.717) is 5.92 Å². The second kappa shape index (κ2) is 6.39. The molecule has 1 aliphatic rings. The Morgan fingerprint density at radius 3 is 2.81 bits per heavy atom. The maximum atomic E-state index is 4.67. The fourth-order valence-corrected chi connectivity index (χ4v) is 2.79. The summed E-state index contributed by atoms with van der Waals surface area (Å²) < 4.78 is 0. The number of hydrogen-bond acceptors (Lipinski definition) is 6. The Labute approximate surface area is 129 Å². The Hall–Kier alpha value is -1.69. The number of anilines is 2. The molecule has 2 N–H and O–H groups in total. The summed E-state index contributed by atoms with van der Waals surface area (Å²) in [5, 5.41) is 9.87. The second-order valence-electron chi connectivity index (χ2n) is 5.43. The molecule has 5 nitrogen and oxygen atoms in total. The number of aromatic nitrogens is 3. The lowest BCUT2D eigenvalue weighted by Crippen LogP contribution is -2.11. The van der Waals surface area contributed by atoms with Crippen LogP contribution in [0.25, 0.3) is 0 Å². The van der Waals surface area contributed by atoms with Crippen LogP contribution in [-0.2, 0) is 0 Å². The summed E-state index contributed by atoms with van der Waals surface area (Å²) in [5.74, 6) is 3.31. The molecule has 112 valence electrons. The molecule has 0 spiro atoms. The molecule has 0 saturated heterocycles. The second-order valence-corrected chi connectivity index (χ2v) is 6.36. The Morgan fingerprint density at radius 2 is 2.14 bits per heavy atom. The average molecular weight is 303 g/mol. The van der Waals surface area contributed by atoms with Crippen LogP contribution in [0.4, 0.5) is 11.6 Å². The fourth-order valence-electron chi connectivity index (χ4n) is 2.14. The van der Waals surface area contributed by atoms with Gasteiger partial charge in [0.15, 0.2) is 0 Å². The maximum absolute atomic E-state index is 4.67. The molecule has 1 atom stereocenters. The van der Waals surface area contributed by atoms with E-state index < -0.39 is 0 Å². The zero-order chi connectivity index (χ0) is 14.7. The van der Waals surface area contributed by atoms with Crippen molar-refractivity contribution in [3.8, 4) is 0 Å². The normalized spacial score (nSPS) is 15.7. The van der Waals surface area contributed by atoms with Crippen molar-refractivity contribution in [3.63, 3.8) is 0 Å². The van der Waals surface area contributed by atoms with Crippen LogP contribution in [0.1, 0.15) is 55.9 Å². The highest BCUT2D eigenvalue weighted by Crippen LogP contribution is 2.39. The van der Waals surface area contributed by atoms with Crippen molar-refractivity contribution < 1.29 is 0 Å². The fraction of sp³-hybridized carbons (Fsp3) is 0.533. The van der Waals surface area contributed by atoms with Gasteiger partial charge in [-0.05, 0) is 26.2 Å². The first-order valence-corrected chi connectivity index (χ1v) is 8.43. The number of thiazole rings is 1. The van der Waals surface area contributed by atoms with E-state index >= 15 is 0 Å². The van der Waals surface area contributed by atoms with Crippen molar-refractivity contribution in [2.75, 3.05) is 17.2 Å². The summed E-state index contributed by atoms with van der Waals surface area (Å²) in [4.78, 5) is 13.6. The van der Waals surface area contributed by atoms with Crippen molar-refractivity contribution in [2.24, 2.45) is 0 Å². The van der Waals surface area contributed by atoms with Crippen molar-refractivity contribution in [2.45, 2.75) is 45.1 Å². The summed E-state index contributed by atoms with van der Waals surface area (Å²) in [5.41, 5.74) is 0. The molecule has 1 unspecified atom stereocenters. The average Bonchev–Trinajstić information content (AvgIpc) is 3.19. The largest absolute Gasteiger partial charge is 0.370 e. The zero-order valence-electron chi connectivity index (χ0n) is 12.5. The molecule has 0 radical (unpaired) electrons. The number of rotatable bonds is 7. The van der Waals surface area contributed by atoms with Crippen LogP contribution in [-0.4, -0.2) is 21.5 Å². The van der Waals surface area contributed by atoms with E-state index in [1.807, 2.05) is 17.6 Å². The molecule has 0 bridgehead atoms. The van der Waals surface area contributed by atoms with Gasteiger partial charge in [0.05, 0.1) is 6.04 Å². The molecule has 2 aromatic heterocycles. The number of nitrogens with one attached hydrogen (secondary N) is 2. The maximum Gasteiger partial charge on any atom is 0.136 e. The minimum Gasteiger partial charge on any atom is -0.370 e. The van der Waals surface area contributed by atoms with Gasteiger partial charge in [0.1, 0.15) is 22.5 Å². The van der Waals surface area contributed by atoms with E-state index in [-0.39, 0.29) is 6.04 Å². The Balaban J connectivity index is 1.77. The molecule has 1 aliphatic carbocycles. The monoisotopic (exact) mass is 303 g/mol. The predicted octanol–water partition coefficient (Wildman–Crippen LogP) is 3.81. The van der Waals surface area contributed by atoms with Gasteiger partial charge in [-0.2, -0.15) is 0 Å². The van der Waals surface area contributed by atoms with Crippen LogP contribution in [0, 0.1) is 0 Å². The molecule has 1 fully saturated rings. The van der Waals surface area contributed by atoms with Crippen LogP contribution in [0.15, 0.2) is 17.6 Å². The molecule has 21 heavy (non-hydrogen) atoms. The molecule has 1 saturated carbocycles. The van der Waals surface area contributed by atoms with Gasteiger partial charge in [-0.3, -0.25) is 0 Å². The molecule has 2 heterocycles. The molecule has 6 heteroatoms. The smallest absolute Gasteiger partial charge is 0.136 e. The Bertz CT molecular complexity index is 580. The number of nitrogens with zero attached hydrogens (tertiary/aromatic N) is 3. The van der Waals surface area contributed by atoms with Crippen LogP contribution in [0.3, 0.4) is 0 Å². The minimum atomic E-state index is 0.158. The van der Waals surface area contributed by atoms with Crippen molar-refractivity contribution >= 4 is 23.0 Å². The first-order valence-electron chi connectivity index (χ1n) is 7.55. The third-order valence-electron chi connectivity index (χ3n) is 3.43. The quantitative estimate of drug-likeness (QED) is 0.814. The minimum absolute atomic E-state index is 0.158. The molecule has 0 amide bonds. The van der Waals surface area contributed by atoms with Gasteiger partial charge in [-0.25, -0.2) is 15.0 Å². The molecule has 2 aromatic rings. The molecular formula is C15H21N5S. The standard InChI is InChI=1S/C15H21N5S/c1-3-6-16-12-9-13(20-14(19-12)11-4-5-11)18-10(2)15-17-7-8-21-15/h7-11H,3-6H2,1-2H3,(H2,16,18,19,20). The van der Waals surface area contributed by atoms with Gasteiger partial charge in [0.25, 0.3) is 0 Å². The first kappa shape index (κ1) is 14.3. The van der Waals surface area contributed by atoms with Gasteiger partial charge in [-0.15, -0.1) is 11.3 Å². The number of hydrogen-bond donors (Lipinski definition) is 2. The Morgan fingerprint density at radius 1 is 1.33 bits per heavy atom. The highest BCUT2D eigenvalue weighted by Gasteiger charge is 2.27. The van der Waals surface area contributed by atoms with Crippen molar-refractivity contribution in [1.29, 1.82) is 0 Å². The SMILES string of the molecule is CCCNc1cc(NC(C)c2nccs2)nc(C2CC2)n1. The van der Waals surface area contributed by atoms with Gasteiger partial charge in [0, 0.05) is 30.1 Å². The third kappa shape index (κ3) is 3.69.